The Labute approximate surface area is 184 Å². The molecule has 0 aliphatic heterocycles. The van der Waals surface area contributed by atoms with Crippen molar-refractivity contribution in [3.8, 4) is 11.4 Å². The van der Waals surface area contributed by atoms with Crippen LogP contribution in [-0.2, 0) is 9.59 Å². The third-order valence-corrected chi connectivity index (χ3v) is 5.53. The number of imidazole rings is 1. The predicted molar refractivity (Wildman–Crippen MR) is 127 cm³/mol. The first-order valence-electron chi connectivity index (χ1n) is 9.86. The molecule has 6 nitrogen and oxygen atoms in total. The molecule has 0 unspecified atom stereocenters. The summed E-state index contributed by atoms with van der Waals surface area (Å²) in [5.41, 5.74) is 5.39. The highest BCUT2D eigenvalue weighted by Gasteiger charge is 2.08. The Bertz CT molecular complexity index is 1180. The van der Waals surface area contributed by atoms with Crippen molar-refractivity contribution in [1.29, 1.82) is 0 Å². The number of carbonyl (C=O) groups is 2. The average Bonchev–Trinajstić information content (AvgIpc) is 3.18. The van der Waals surface area contributed by atoms with Crippen LogP contribution in [0.25, 0.3) is 22.4 Å². The van der Waals surface area contributed by atoms with Crippen molar-refractivity contribution in [3.05, 3.63) is 78.4 Å². The summed E-state index contributed by atoms with van der Waals surface area (Å²) in [7, 11) is 0. The van der Waals surface area contributed by atoms with Gasteiger partial charge in [0.25, 0.3) is 0 Å². The number of nitrogens with zero attached hydrogens (tertiary/aromatic N) is 1. The van der Waals surface area contributed by atoms with E-state index in [4.69, 9.17) is 0 Å². The van der Waals surface area contributed by atoms with Crippen LogP contribution in [0.2, 0.25) is 0 Å². The van der Waals surface area contributed by atoms with Crippen molar-refractivity contribution < 1.29 is 9.59 Å². The van der Waals surface area contributed by atoms with E-state index in [0.717, 1.165) is 33.7 Å². The Hall–Kier alpha value is -3.58. The number of carbonyl (C=O) groups excluding carboxylic acids is 2. The lowest BCUT2D eigenvalue weighted by atomic mass is 10.2. The van der Waals surface area contributed by atoms with Gasteiger partial charge in [-0.25, -0.2) is 4.98 Å². The van der Waals surface area contributed by atoms with E-state index in [1.807, 2.05) is 79.7 Å². The van der Waals surface area contributed by atoms with Gasteiger partial charge >= 0.3 is 0 Å². The molecule has 31 heavy (non-hydrogen) atoms. The van der Waals surface area contributed by atoms with E-state index in [9.17, 15) is 9.59 Å². The number of hydrogen-bond donors (Lipinski definition) is 3. The Kier molecular flexibility index (Phi) is 6.33. The molecule has 3 aromatic carbocycles. The monoisotopic (exact) mass is 430 g/mol. The molecular weight excluding hydrogens is 408 g/mol. The van der Waals surface area contributed by atoms with Gasteiger partial charge in [-0.1, -0.05) is 24.3 Å². The second kappa shape index (κ2) is 9.49. The lowest BCUT2D eigenvalue weighted by Gasteiger charge is -2.07. The zero-order chi connectivity index (χ0) is 21.6. The molecule has 1 heterocycles. The maximum absolute atomic E-state index is 12.2. The second-order valence-electron chi connectivity index (χ2n) is 7.14. The Morgan fingerprint density at radius 3 is 2.29 bits per heavy atom. The van der Waals surface area contributed by atoms with Crippen LogP contribution in [0, 0.1) is 6.92 Å². The summed E-state index contributed by atoms with van der Waals surface area (Å²) in [5, 5.41) is 5.69. The molecule has 0 saturated carbocycles. The number of hydrogen-bond acceptors (Lipinski definition) is 4. The number of aromatic amines is 1. The Balaban J connectivity index is 1.25. The number of anilines is 2. The first-order chi connectivity index (χ1) is 15.1. The van der Waals surface area contributed by atoms with Crippen molar-refractivity contribution in [1.82, 2.24) is 9.97 Å². The maximum Gasteiger partial charge on any atom is 0.234 e. The molecule has 0 bridgehead atoms. The van der Waals surface area contributed by atoms with Crippen LogP contribution in [0.4, 0.5) is 11.4 Å². The van der Waals surface area contributed by atoms with Gasteiger partial charge in [0, 0.05) is 16.9 Å². The van der Waals surface area contributed by atoms with Crippen LogP contribution in [0.3, 0.4) is 0 Å². The molecular formula is C24H22N4O2S. The fourth-order valence-corrected chi connectivity index (χ4v) is 3.77. The summed E-state index contributed by atoms with van der Waals surface area (Å²) >= 11 is 1.28. The molecule has 0 spiro atoms. The molecule has 2 amide bonds. The van der Waals surface area contributed by atoms with Gasteiger partial charge in [0.05, 0.1) is 22.5 Å². The molecule has 7 heteroatoms. The van der Waals surface area contributed by atoms with Gasteiger partial charge in [-0.05, 0) is 61.0 Å². The largest absolute Gasteiger partial charge is 0.338 e. The van der Waals surface area contributed by atoms with E-state index in [1.165, 1.54) is 11.8 Å². The summed E-state index contributed by atoms with van der Waals surface area (Å²) in [5.74, 6) is 0.927. The fraction of sp³-hybridized carbons (Fsp3) is 0.125. The van der Waals surface area contributed by atoms with Gasteiger partial charge in [0.2, 0.25) is 11.8 Å². The number of nitrogens with one attached hydrogen (secondary N) is 3. The third-order valence-electron chi connectivity index (χ3n) is 4.60. The van der Waals surface area contributed by atoms with Crippen LogP contribution in [-0.4, -0.2) is 33.3 Å². The number of amides is 2. The number of H-pyrrole nitrogens is 1. The molecule has 1 aromatic heterocycles. The average molecular weight is 431 g/mol. The summed E-state index contributed by atoms with van der Waals surface area (Å²) in [6.45, 7) is 1.97. The van der Waals surface area contributed by atoms with Crippen molar-refractivity contribution in [2.45, 2.75) is 6.92 Å². The van der Waals surface area contributed by atoms with Gasteiger partial charge in [-0.3, -0.25) is 9.59 Å². The number of rotatable bonds is 7. The van der Waals surface area contributed by atoms with Crippen LogP contribution >= 0.6 is 11.8 Å². The molecule has 0 radical (unpaired) electrons. The van der Waals surface area contributed by atoms with Crippen LogP contribution in [0.5, 0.6) is 0 Å². The maximum atomic E-state index is 12.2. The standard InChI is InChI=1S/C24H22N4O2S/c1-16-5-4-6-19(13-16)26-23(30)15-31-14-22(29)25-18-11-9-17(10-12-18)24-27-20-7-2-3-8-21(20)28-24/h2-13H,14-15H2,1H3,(H,25,29)(H,26,30)(H,27,28). The number of benzene rings is 3. The summed E-state index contributed by atoms with van der Waals surface area (Å²) < 4.78 is 0. The van der Waals surface area contributed by atoms with Crippen molar-refractivity contribution in [3.63, 3.8) is 0 Å². The van der Waals surface area contributed by atoms with Gasteiger partial charge in [-0.15, -0.1) is 11.8 Å². The fourth-order valence-electron chi connectivity index (χ4n) is 3.15. The molecule has 156 valence electrons. The number of para-hydroxylation sites is 2. The minimum atomic E-state index is -0.148. The highest BCUT2D eigenvalue weighted by molar-refractivity contribution is 8.00. The van der Waals surface area contributed by atoms with Gasteiger partial charge < -0.3 is 15.6 Å². The topological polar surface area (TPSA) is 86.9 Å². The van der Waals surface area contributed by atoms with Gasteiger partial charge in [0.15, 0.2) is 0 Å². The smallest absolute Gasteiger partial charge is 0.234 e. The van der Waals surface area contributed by atoms with Crippen molar-refractivity contribution >= 4 is 46.0 Å². The highest BCUT2D eigenvalue weighted by atomic mass is 32.2. The zero-order valence-corrected chi connectivity index (χ0v) is 17.8. The minimum Gasteiger partial charge on any atom is -0.338 e. The van der Waals surface area contributed by atoms with Crippen molar-refractivity contribution in [2.24, 2.45) is 0 Å². The van der Waals surface area contributed by atoms with E-state index >= 15 is 0 Å². The SMILES string of the molecule is Cc1cccc(NC(=O)CSCC(=O)Nc2ccc(-c3nc4ccccc4[nH]3)cc2)c1. The lowest BCUT2D eigenvalue weighted by Crippen LogP contribution is -2.18. The summed E-state index contributed by atoms with van der Waals surface area (Å²) in [4.78, 5) is 32.1. The number of aromatic nitrogens is 2. The molecule has 4 rings (SSSR count). The quantitative estimate of drug-likeness (QED) is 0.391. The van der Waals surface area contributed by atoms with Crippen LogP contribution in [0.15, 0.2) is 72.8 Å². The highest BCUT2D eigenvalue weighted by Crippen LogP contribution is 2.22. The minimum absolute atomic E-state index is 0.126. The van der Waals surface area contributed by atoms with Gasteiger partial charge in [0.1, 0.15) is 5.82 Å². The van der Waals surface area contributed by atoms with E-state index < -0.39 is 0 Å². The number of thioether (sulfide) groups is 1. The van der Waals surface area contributed by atoms with Crippen LogP contribution < -0.4 is 10.6 Å². The Morgan fingerprint density at radius 1 is 0.871 bits per heavy atom. The summed E-state index contributed by atoms with van der Waals surface area (Å²) in [6, 6.07) is 23.0. The second-order valence-corrected chi connectivity index (χ2v) is 8.12. The molecule has 0 atom stereocenters. The van der Waals surface area contributed by atoms with Crippen LogP contribution in [0.1, 0.15) is 5.56 Å². The zero-order valence-electron chi connectivity index (χ0n) is 17.0. The van der Waals surface area contributed by atoms with E-state index in [0.29, 0.717) is 5.69 Å². The van der Waals surface area contributed by atoms with E-state index in [1.54, 1.807) is 0 Å². The molecule has 0 aliphatic carbocycles. The van der Waals surface area contributed by atoms with Gasteiger partial charge in [-0.2, -0.15) is 0 Å². The molecule has 4 aromatic rings. The number of fused-ring (bicyclic) bond motifs is 1. The molecule has 0 aliphatic rings. The molecule has 0 fully saturated rings. The first-order valence-corrected chi connectivity index (χ1v) is 11.0. The normalized spacial score (nSPS) is 10.7. The lowest BCUT2D eigenvalue weighted by molar-refractivity contribution is -0.114. The third kappa shape index (κ3) is 5.52. The molecule has 0 saturated heterocycles. The summed E-state index contributed by atoms with van der Waals surface area (Å²) in [6.07, 6.45) is 0. The molecule has 3 N–H and O–H groups in total. The predicted octanol–water partition coefficient (Wildman–Crippen LogP) is 4.85. The van der Waals surface area contributed by atoms with Crippen molar-refractivity contribution in [2.75, 3.05) is 22.1 Å². The Morgan fingerprint density at radius 2 is 1.58 bits per heavy atom. The van der Waals surface area contributed by atoms with E-state index in [2.05, 4.69) is 20.6 Å². The first kappa shape index (κ1) is 20.7. The number of aryl methyl sites for hydroxylation is 1. The van der Waals surface area contributed by atoms with E-state index in [-0.39, 0.29) is 23.3 Å².